The topological polar surface area (TPSA) is 78.8 Å². The Kier molecular flexibility index (Phi) is 8.23. The molecule has 10 heteroatoms. The molecule has 1 fully saturated rings. The van der Waals surface area contributed by atoms with Crippen LogP contribution in [0.25, 0.3) is 32.0 Å². The van der Waals surface area contributed by atoms with Gasteiger partial charge in [0.2, 0.25) is 0 Å². The summed E-state index contributed by atoms with van der Waals surface area (Å²) in [6.45, 7) is 16.0. The van der Waals surface area contributed by atoms with Crippen molar-refractivity contribution in [3.63, 3.8) is 0 Å². The van der Waals surface area contributed by atoms with E-state index in [4.69, 9.17) is 26.3 Å². The monoisotopic (exact) mass is 598 g/mol. The number of carboxylic acids is 1. The summed E-state index contributed by atoms with van der Waals surface area (Å²) in [4.78, 5) is 27.4. The molecule has 0 amide bonds. The van der Waals surface area contributed by atoms with E-state index in [1.807, 2.05) is 58.0 Å². The number of carbonyl (C=O) groups is 1. The highest BCUT2D eigenvalue weighted by Gasteiger charge is 2.32. The van der Waals surface area contributed by atoms with Crippen molar-refractivity contribution in [1.82, 2.24) is 14.9 Å². The molecule has 1 atom stereocenters. The van der Waals surface area contributed by atoms with Crippen LogP contribution < -0.4 is 4.90 Å². The second-order valence-electron chi connectivity index (χ2n) is 11.4. The molecule has 4 aromatic rings. The van der Waals surface area contributed by atoms with Crippen molar-refractivity contribution < 1.29 is 14.6 Å². The Balaban J connectivity index is 1.59. The summed E-state index contributed by atoms with van der Waals surface area (Å²) in [5.74, 6) is -1.03. The van der Waals surface area contributed by atoms with E-state index in [1.54, 1.807) is 11.3 Å². The molecule has 0 saturated carbocycles. The molecule has 7 nitrogen and oxygen atoms in total. The zero-order valence-electron chi connectivity index (χ0n) is 23.7. The fourth-order valence-electron chi connectivity index (χ4n) is 5.09. The molecule has 0 aliphatic carbocycles. The van der Waals surface area contributed by atoms with Crippen molar-refractivity contribution in [2.45, 2.75) is 59.3 Å². The number of carboxylic acid groups (broad SMARTS) is 1. The van der Waals surface area contributed by atoms with Crippen molar-refractivity contribution in [2.75, 3.05) is 31.1 Å². The molecule has 1 N–H and O–H groups in total. The van der Waals surface area contributed by atoms with E-state index in [0.29, 0.717) is 16.6 Å². The molecule has 1 aliphatic heterocycles. The first-order chi connectivity index (χ1) is 18.9. The average molecular weight is 599 g/mol. The third-order valence-corrected chi connectivity index (χ3v) is 9.31. The van der Waals surface area contributed by atoms with Crippen molar-refractivity contribution in [1.29, 1.82) is 0 Å². The number of hydrogen-bond donors (Lipinski definition) is 1. The molecule has 2 aromatic carbocycles. The van der Waals surface area contributed by atoms with Crippen LogP contribution in [0.1, 0.15) is 51.8 Å². The van der Waals surface area contributed by atoms with Gasteiger partial charge >= 0.3 is 5.97 Å². The van der Waals surface area contributed by atoms with Crippen LogP contribution in [0.2, 0.25) is 5.02 Å². The molecular formula is C30H35ClN4O3S2. The second-order valence-corrected chi connectivity index (χ2v) is 13.7. The number of rotatable bonds is 7. The number of halogens is 1. The lowest BCUT2D eigenvalue weighted by molar-refractivity contribution is -0.160. The molecule has 5 rings (SSSR count). The van der Waals surface area contributed by atoms with Gasteiger partial charge in [-0.3, -0.25) is 4.90 Å². The van der Waals surface area contributed by atoms with E-state index in [1.165, 1.54) is 11.3 Å². The summed E-state index contributed by atoms with van der Waals surface area (Å²) in [6, 6.07) is 10.0. The zero-order valence-corrected chi connectivity index (χ0v) is 26.1. The summed E-state index contributed by atoms with van der Waals surface area (Å²) < 4.78 is 7.03. The average Bonchev–Trinajstić information content (AvgIpc) is 3.54. The number of thiazole rings is 2. The number of ether oxygens (including phenoxy) is 1. The molecule has 0 bridgehead atoms. The minimum Gasteiger partial charge on any atom is -0.479 e. The molecule has 40 heavy (non-hydrogen) atoms. The third-order valence-electron chi connectivity index (χ3n) is 7.04. The molecule has 2 aromatic heterocycles. The van der Waals surface area contributed by atoms with E-state index in [-0.39, 0.29) is 0 Å². The fourth-order valence-corrected chi connectivity index (χ4v) is 7.24. The lowest BCUT2D eigenvalue weighted by Gasteiger charge is -2.36. The molecule has 0 unspecified atom stereocenters. The first kappa shape index (κ1) is 29.0. The minimum atomic E-state index is -1.14. The zero-order chi connectivity index (χ0) is 28.8. The van der Waals surface area contributed by atoms with E-state index in [2.05, 4.69) is 29.0 Å². The van der Waals surface area contributed by atoms with E-state index >= 15 is 0 Å². The molecule has 0 spiro atoms. The standard InChI is InChI=1S/C30H35ClN4O3S2/c1-17(2)34-11-13-35(14-12-34)29-33-22(16-39-29)27-32-21-15-18(3)23(25(28(36)37)38-30(4,5)6)24(26(21)40-27)19-7-9-20(31)10-8-19/h7-10,15-17,25H,11-14H2,1-6H3,(H,36,37)/t25-/m0/s1. The van der Waals surface area contributed by atoms with Crippen LogP contribution in [0.15, 0.2) is 35.7 Å². The maximum atomic E-state index is 12.6. The van der Waals surface area contributed by atoms with Gasteiger partial charge in [0.15, 0.2) is 11.2 Å². The van der Waals surface area contributed by atoms with E-state index < -0.39 is 17.7 Å². The second kappa shape index (κ2) is 11.4. The van der Waals surface area contributed by atoms with Crippen LogP contribution in [-0.2, 0) is 9.53 Å². The predicted molar refractivity (Wildman–Crippen MR) is 166 cm³/mol. The Bertz CT molecular complexity index is 1520. The van der Waals surface area contributed by atoms with Gasteiger partial charge < -0.3 is 14.7 Å². The predicted octanol–water partition coefficient (Wildman–Crippen LogP) is 7.52. The molecular weight excluding hydrogens is 564 g/mol. The molecule has 3 heterocycles. The number of aliphatic carboxylic acids is 1. The van der Waals surface area contributed by atoms with E-state index in [9.17, 15) is 9.90 Å². The summed E-state index contributed by atoms with van der Waals surface area (Å²) in [6.07, 6.45) is -1.14. The number of fused-ring (bicyclic) bond motifs is 1. The summed E-state index contributed by atoms with van der Waals surface area (Å²) >= 11 is 9.40. The first-order valence-electron chi connectivity index (χ1n) is 13.5. The third kappa shape index (κ3) is 6.04. The van der Waals surface area contributed by atoms with Gasteiger partial charge in [-0.25, -0.2) is 14.8 Å². The van der Waals surface area contributed by atoms with Crippen LogP contribution in [0.5, 0.6) is 0 Å². The lowest BCUT2D eigenvalue weighted by atomic mass is 9.91. The van der Waals surface area contributed by atoms with E-state index in [0.717, 1.165) is 68.9 Å². The Morgan fingerprint density at radius 3 is 2.38 bits per heavy atom. The van der Waals surface area contributed by atoms with Gasteiger partial charge in [-0.1, -0.05) is 23.7 Å². The van der Waals surface area contributed by atoms with Gasteiger partial charge in [-0.15, -0.1) is 22.7 Å². The molecule has 1 saturated heterocycles. The Labute approximate surface area is 248 Å². The van der Waals surface area contributed by atoms with Gasteiger partial charge in [0.25, 0.3) is 0 Å². The van der Waals surface area contributed by atoms with Crippen LogP contribution in [-0.4, -0.2) is 63.8 Å². The molecule has 212 valence electrons. The smallest absolute Gasteiger partial charge is 0.337 e. The minimum absolute atomic E-state index is 0.550. The van der Waals surface area contributed by atoms with Crippen LogP contribution >= 0.6 is 34.3 Å². The SMILES string of the molecule is Cc1cc2nc(-c3csc(N4CCN(C(C)C)CC4)n3)sc2c(-c2ccc(Cl)cc2)c1[C@H](OC(C)(C)C)C(=O)O. The Hall–Kier alpha value is -2.56. The van der Waals surface area contributed by atoms with Gasteiger partial charge in [0, 0.05) is 53.8 Å². The van der Waals surface area contributed by atoms with Gasteiger partial charge in [-0.2, -0.15) is 0 Å². The first-order valence-corrected chi connectivity index (χ1v) is 15.5. The van der Waals surface area contributed by atoms with Gasteiger partial charge in [0.05, 0.1) is 15.8 Å². The quantitative estimate of drug-likeness (QED) is 0.236. The van der Waals surface area contributed by atoms with Crippen molar-refractivity contribution in [3.05, 3.63) is 51.9 Å². The number of anilines is 1. The highest BCUT2D eigenvalue weighted by Crippen LogP contribution is 2.44. The maximum absolute atomic E-state index is 12.6. The fraction of sp³-hybridized carbons (Fsp3) is 0.433. The number of hydrogen-bond acceptors (Lipinski definition) is 8. The van der Waals surface area contributed by atoms with Crippen molar-refractivity contribution in [2.24, 2.45) is 0 Å². The number of nitrogens with zero attached hydrogens (tertiary/aromatic N) is 4. The van der Waals surface area contributed by atoms with Crippen LogP contribution in [0.4, 0.5) is 5.13 Å². The highest BCUT2D eigenvalue weighted by molar-refractivity contribution is 7.22. The largest absolute Gasteiger partial charge is 0.479 e. The highest BCUT2D eigenvalue weighted by atomic mass is 35.5. The summed E-state index contributed by atoms with van der Waals surface area (Å²) in [5, 5.41) is 14.8. The van der Waals surface area contributed by atoms with Crippen molar-refractivity contribution >= 4 is 55.6 Å². The van der Waals surface area contributed by atoms with Crippen molar-refractivity contribution in [3.8, 4) is 21.8 Å². The Morgan fingerprint density at radius 1 is 1.10 bits per heavy atom. The number of aryl methyl sites for hydroxylation is 1. The maximum Gasteiger partial charge on any atom is 0.337 e. The van der Waals surface area contributed by atoms with Gasteiger partial charge in [0.1, 0.15) is 10.7 Å². The number of aromatic nitrogens is 2. The van der Waals surface area contributed by atoms with Crippen LogP contribution in [0, 0.1) is 6.92 Å². The molecule has 1 aliphatic rings. The summed E-state index contributed by atoms with van der Waals surface area (Å²) in [5.41, 5.74) is 4.13. The molecule has 0 radical (unpaired) electrons. The normalized spacial score (nSPS) is 15.8. The number of piperazine rings is 1. The number of benzene rings is 2. The summed E-state index contributed by atoms with van der Waals surface area (Å²) in [7, 11) is 0. The Morgan fingerprint density at radius 2 is 1.77 bits per heavy atom. The van der Waals surface area contributed by atoms with Crippen LogP contribution in [0.3, 0.4) is 0 Å². The lowest BCUT2D eigenvalue weighted by Crippen LogP contribution is -2.48. The van der Waals surface area contributed by atoms with Gasteiger partial charge in [-0.05, 0) is 70.9 Å².